The van der Waals surface area contributed by atoms with Crippen LogP contribution in [0.25, 0.3) is 11.5 Å². The largest absolute Gasteiger partial charge is 0.463 e. The van der Waals surface area contributed by atoms with E-state index in [1.807, 2.05) is 6.07 Å². The van der Waals surface area contributed by atoms with Gasteiger partial charge in [-0.25, -0.2) is 0 Å². The zero-order valence-corrected chi connectivity index (χ0v) is 12.5. The first-order chi connectivity index (χ1) is 10.6. The van der Waals surface area contributed by atoms with Crippen LogP contribution in [0.1, 0.15) is 17.4 Å². The molecule has 7 heteroatoms. The number of nitrogens with zero attached hydrogens (tertiary/aromatic N) is 3. The third-order valence-corrected chi connectivity index (χ3v) is 3.77. The lowest BCUT2D eigenvalue weighted by molar-refractivity contribution is 0.0549. The monoisotopic (exact) mass is 304 g/mol. The lowest BCUT2D eigenvalue weighted by Gasteiger charge is -2.34. The number of aliphatic hydroxyl groups is 1. The van der Waals surface area contributed by atoms with E-state index >= 15 is 0 Å². The van der Waals surface area contributed by atoms with Crippen LogP contribution >= 0.6 is 0 Å². The fraction of sp³-hybridized carbons (Fsp3) is 0.467. The van der Waals surface area contributed by atoms with Crippen molar-refractivity contribution in [2.24, 2.45) is 0 Å². The predicted molar refractivity (Wildman–Crippen MR) is 80.3 cm³/mol. The van der Waals surface area contributed by atoms with E-state index < -0.39 is 0 Å². The molecule has 2 aromatic heterocycles. The number of carbonyl (C=O) groups is 1. The second-order valence-corrected chi connectivity index (χ2v) is 5.59. The van der Waals surface area contributed by atoms with Gasteiger partial charge in [0.1, 0.15) is 5.69 Å². The van der Waals surface area contributed by atoms with E-state index in [0.29, 0.717) is 36.8 Å². The van der Waals surface area contributed by atoms with Gasteiger partial charge < -0.3 is 14.4 Å². The van der Waals surface area contributed by atoms with Crippen molar-refractivity contribution in [3.8, 4) is 11.5 Å². The Hall–Kier alpha value is -2.12. The molecule has 1 fully saturated rings. The maximum atomic E-state index is 12.5. The summed E-state index contributed by atoms with van der Waals surface area (Å²) >= 11 is 0. The molecule has 2 aromatic rings. The molecular formula is C15H20N4O3. The van der Waals surface area contributed by atoms with E-state index in [2.05, 4.69) is 15.1 Å². The molecule has 1 unspecified atom stereocenters. The van der Waals surface area contributed by atoms with Gasteiger partial charge >= 0.3 is 0 Å². The molecule has 1 amide bonds. The highest BCUT2D eigenvalue weighted by Crippen LogP contribution is 2.18. The molecule has 2 N–H and O–H groups in total. The van der Waals surface area contributed by atoms with Crippen LogP contribution in [0.5, 0.6) is 0 Å². The van der Waals surface area contributed by atoms with Crippen LogP contribution in [0.2, 0.25) is 0 Å². The first kappa shape index (κ1) is 14.8. The summed E-state index contributed by atoms with van der Waals surface area (Å²) in [4.78, 5) is 16.4. The Labute approximate surface area is 128 Å². The van der Waals surface area contributed by atoms with Crippen molar-refractivity contribution in [3.63, 3.8) is 0 Å². The summed E-state index contributed by atoms with van der Waals surface area (Å²) in [5.41, 5.74) is 1.09. The van der Waals surface area contributed by atoms with E-state index in [1.54, 1.807) is 30.2 Å². The highest BCUT2D eigenvalue weighted by Gasteiger charge is 2.24. The van der Waals surface area contributed by atoms with Crippen LogP contribution < -0.4 is 0 Å². The lowest BCUT2D eigenvalue weighted by atomic mass is 10.2. The van der Waals surface area contributed by atoms with Crippen molar-refractivity contribution in [1.29, 1.82) is 0 Å². The summed E-state index contributed by atoms with van der Waals surface area (Å²) in [5.74, 6) is 0.582. The molecule has 0 saturated carbocycles. The smallest absolute Gasteiger partial charge is 0.274 e. The molecular weight excluding hydrogens is 284 g/mol. The molecule has 7 nitrogen and oxygen atoms in total. The van der Waals surface area contributed by atoms with Crippen LogP contribution in [0, 0.1) is 0 Å². The van der Waals surface area contributed by atoms with Gasteiger partial charge in [-0.2, -0.15) is 5.10 Å². The fourth-order valence-electron chi connectivity index (χ4n) is 2.66. The summed E-state index contributed by atoms with van der Waals surface area (Å²) in [5, 5.41) is 16.3. The standard InChI is InChI=1S/C15H20N4O3/c1-11(20)10-18-4-6-19(7-5-18)15(21)13-9-12(16-17-13)14-3-2-8-22-14/h2-3,8-9,11,20H,4-7,10H2,1H3,(H,16,17). The Bertz CT molecular complexity index is 613. The Balaban J connectivity index is 1.61. The van der Waals surface area contributed by atoms with Gasteiger partial charge in [0.2, 0.25) is 0 Å². The fourth-order valence-corrected chi connectivity index (χ4v) is 2.66. The summed E-state index contributed by atoms with van der Waals surface area (Å²) < 4.78 is 5.28. The molecule has 0 bridgehead atoms. The predicted octanol–water partition coefficient (Wildman–Crippen LogP) is 0.808. The number of H-pyrrole nitrogens is 1. The molecule has 3 rings (SSSR count). The van der Waals surface area contributed by atoms with Crippen molar-refractivity contribution in [2.45, 2.75) is 13.0 Å². The summed E-state index contributed by atoms with van der Waals surface area (Å²) in [6.45, 7) is 5.26. The molecule has 0 radical (unpaired) electrons. The van der Waals surface area contributed by atoms with Gasteiger partial charge in [-0.1, -0.05) is 0 Å². The van der Waals surface area contributed by atoms with Crippen LogP contribution in [-0.2, 0) is 0 Å². The van der Waals surface area contributed by atoms with Crippen LogP contribution in [-0.4, -0.2) is 69.8 Å². The maximum Gasteiger partial charge on any atom is 0.274 e. The number of aromatic nitrogens is 2. The summed E-state index contributed by atoms with van der Waals surface area (Å²) in [7, 11) is 0. The molecule has 1 saturated heterocycles. The van der Waals surface area contributed by atoms with Crippen LogP contribution in [0.3, 0.4) is 0 Å². The zero-order valence-electron chi connectivity index (χ0n) is 12.5. The van der Waals surface area contributed by atoms with Crippen LogP contribution in [0.15, 0.2) is 28.9 Å². The average molecular weight is 304 g/mol. The first-order valence-electron chi connectivity index (χ1n) is 7.42. The maximum absolute atomic E-state index is 12.5. The Morgan fingerprint density at radius 3 is 2.86 bits per heavy atom. The van der Waals surface area contributed by atoms with Gasteiger partial charge in [-0.05, 0) is 19.1 Å². The second kappa shape index (κ2) is 6.33. The SMILES string of the molecule is CC(O)CN1CCN(C(=O)c2cc(-c3ccco3)[nH]n2)CC1. The molecule has 1 aliphatic heterocycles. The van der Waals surface area contributed by atoms with Crippen LogP contribution in [0.4, 0.5) is 0 Å². The van der Waals surface area contributed by atoms with Gasteiger partial charge in [0, 0.05) is 38.8 Å². The lowest BCUT2D eigenvalue weighted by Crippen LogP contribution is -2.50. The topological polar surface area (TPSA) is 85.6 Å². The number of amides is 1. The minimum atomic E-state index is -0.343. The number of aliphatic hydroxyl groups excluding tert-OH is 1. The third-order valence-electron chi connectivity index (χ3n) is 3.77. The molecule has 3 heterocycles. The van der Waals surface area contributed by atoms with E-state index in [-0.39, 0.29) is 12.0 Å². The number of carbonyl (C=O) groups excluding carboxylic acids is 1. The summed E-state index contributed by atoms with van der Waals surface area (Å²) in [6, 6.07) is 5.32. The van der Waals surface area contributed by atoms with Gasteiger partial charge in [-0.3, -0.25) is 14.8 Å². The van der Waals surface area contributed by atoms with E-state index in [0.717, 1.165) is 13.1 Å². The molecule has 0 aliphatic carbocycles. The van der Waals surface area contributed by atoms with Crippen molar-refractivity contribution in [1.82, 2.24) is 20.0 Å². The Morgan fingerprint density at radius 2 is 2.23 bits per heavy atom. The number of furan rings is 1. The third kappa shape index (κ3) is 3.20. The van der Waals surface area contributed by atoms with Crippen molar-refractivity contribution in [2.75, 3.05) is 32.7 Å². The summed E-state index contributed by atoms with van der Waals surface area (Å²) in [6.07, 6.45) is 1.24. The van der Waals surface area contributed by atoms with Crippen molar-refractivity contribution >= 4 is 5.91 Å². The Morgan fingerprint density at radius 1 is 1.45 bits per heavy atom. The first-order valence-corrected chi connectivity index (χ1v) is 7.42. The molecule has 0 spiro atoms. The number of nitrogens with one attached hydrogen (secondary N) is 1. The average Bonchev–Trinajstić information content (AvgIpc) is 3.18. The number of piperazine rings is 1. The normalized spacial score (nSPS) is 17.6. The Kier molecular flexibility index (Phi) is 4.26. The second-order valence-electron chi connectivity index (χ2n) is 5.59. The highest BCUT2D eigenvalue weighted by atomic mass is 16.3. The van der Waals surface area contributed by atoms with Crippen molar-refractivity contribution < 1.29 is 14.3 Å². The van der Waals surface area contributed by atoms with Gasteiger partial charge in [0.05, 0.1) is 12.4 Å². The van der Waals surface area contributed by atoms with Gasteiger partial charge in [0.15, 0.2) is 11.5 Å². The molecule has 22 heavy (non-hydrogen) atoms. The molecule has 1 aliphatic rings. The van der Waals surface area contributed by atoms with E-state index in [1.165, 1.54) is 0 Å². The van der Waals surface area contributed by atoms with Gasteiger partial charge in [0.25, 0.3) is 5.91 Å². The number of aromatic amines is 1. The quantitative estimate of drug-likeness (QED) is 0.873. The van der Waals surface area contributed by atoms with Crippen molar-refractivity contribution in [3.05, 3.63) is 30.2 Å². The number of hydrogen-bond acceptors (Lipinski definition) is 5. The van der Waals surface area contributed by atoms with E-state index in [9.17, 15) is 9.90 Å². The molecule has 118 valence electrons. The number of β-amino-alcohol motifs (C(OH)–C–C–N with tert-alkyl or cyclic N) is 1. The highest BCUT2D eigenvalue weighted by molar-refractivity contribution is 5.93. The molecule has 1 atom stereocenters. The van der Waals surface area contributed by atoms with E-state index in [4.69, 9.17) is 4.42 Å². The number of hydrogen-bond donors (Lipinski definition) is 2. The minimum absolute atomic E-state index is 0.0780. The van der Waals surface area contributed by atoms with Gasteiger partial charge in [-0.15, -0.1) is 0 Å². The minimum Gasteiger partial charge on any atom is -0.463 e. The zero-order chi connectivity index (χ0) is 15.5. The number of rotatable bonds is 4. The molecule has 0 aromatic carbocycles.